The van der Waals surface area contributed by atoms with Gasteiger partial charge in [-0.25, -0.2) is 0 Å². The summed E-state index contributed by atoms with van der Waals surface area (Å²) in [6.45, 7) is 4.33. The van der Waals surface area contributed by atoms with E-state index in [0.29, 0.717) is 18.4 Å². The average Bonchev–Trinajstić information content (AvgIpc) is 2.88. The quantitative estimate of drug-likeness (QED) is 0.741. The van der Waals surface area contributed by atoms with Crippen LogP contribution >= 0.6 is 0 Å². The second-order valence-corrected chi connectivity index (χ2v) is 4.32. The van der Waals surface area contributed by atoms with Crippen LogP contribution in [0.1, 0.15) is 17.3 Å². The third kappa shape index (κ3) is 4.64. The number of hydrogen-bond acceptors (Lipinski definition) is 6. The molecule has 1 aromatic carbocycles. The van der Waals surface area contributed by atoms with Crippen molar-refractivity contribution in [2.45, 2.75) is 20.1 Å². The normalized spacial score (nSPS) is 10.7. The van der Waals surface area contributed by atoms with Gasteiger partial charge in [-0.3, -0.25) is 0 Å². The summed E-state index contributed by atoms with van der Waals surface area (Å²) in [5.41, 5.74) is 1.15. The molecule has 0 radical (unpaired) electrons. The van der Waals surface area contributed by atoms with Crippen LogP contribution in [0.2, 0.25) is 0 Å². The van der Waals surface area contributed by atoms with Crippen molar-refractivity contribution in [3.8, 4) is 5.75 Å². The summed E-state index contributed by atoms with van der Waals surface area (Å²) < 4.78 is 15.9. The minimum absolute atomic E-state index is 0.279. The Hall–Kier alpha value is -1.92. The van der Waals surface area contributed by atoms with E-state index in [2.05, 4.69) is 15.5 Å². The zero-order valence-electron chi connectivity index (χ0n) is 11.8. The van der Waals surface area contributed by atoms with Crippen LogP contribution in [0, 0.1) is 6.92 Å². The maximum Gasteiger partial charge on any atom is 0.253 e. The van der Waals surface area contributed by atoms with Gasteiger partial charge in [-0.05, 0) is 17.7 Å². The van der Waals surface area contributed by atoms with Crippen molar-refractivity contribution in [2.75, 3.05) is 20.3 Å². The molecule has 1 heterocycles. The van der Waals surface area contributed by atoms with Crippen molar-refractivity contribution >= 4 is 0 Å². The van der Waals surface area contributed by atoms with Gasteiger partial charge in [-0.2, -0.15) is 0 Å². The molecule has 2 aromatic rings. The Morgan fingerprint density at radius 2 is 2.20 bits per heavy atom. The van der Waals surface area contributed by atoms with Gasteiger partial charge < -0.3 is 19.2 Å². The second kappa shape index (κ2) is 7.62. The van der Waals surface area contributed by atoms with Crippen molar-refractivity contribution in [2.24, 2.45) is 0 Å². The molecule has 1 aromatic heterocycles. The standard InChI is InChI=1S/C14H19N3O3/c1-11-16-17-14(20-11)10-19-13-5-3-4-12(8-13)9-15-6-7-18-2/h3-5,8,15H,6-7,9-10H2,1-2H3. The molecule has 6 nitrogen and oxygen atoms in total. The molecule has 0 amide bonds. The SMILES string of the molecule is COCCNCc1cccc(OCc2nnc(C)o2)c1. The Labute approximate surface area is 118 Å². The minimum Gasteiger partial charge on any atom is -0.484 e. The molecular weight excluding hydrogens is 258 g/mol. The van der Waals surface area contributed by atoms with Gasteiger partial charge in [0.2, 0.25) is 5.89 Å². The van der Waals surface area contributed by atoms with E-state index in [-0.39, 0.29) is 6.61 Å². The Bertz CT molecular complexity index is 528. The van der Waals surface area contributed by atoms with Crippen LogP contribution in [0.4, 0.5) is 0 Å². The molecular formula is C14H19N3O3. The lowest BCUT2D eigenvalue weighted by Gasteiger charge is -2.07. The smallest absolute Gasteiger partial charge is 0.253 e. The zero-order chi connectivity index (χ0) is 14.2. The summed E-state index contributed by atoms with van der Waals surface area (Å²) >= 11 is 0. The zero-order valence-corrected chi connectivity index (χ0v) is 11.8. The average molecular weight is 277 g/mol. The van der Waals surface area contributed by atoms with Gasteiger partial charge in [-0.15, -0.1) is 10.2 Å². The lowest BCUT2D eigenvalue weighted by atomic mass is 10.2. The Morgan fingerprint density at radius 1 is 1.30 bits per heavy atom. The molecule has 0 atom stereocenters. The number of nitrogens with zero attached hydrogens (tertiary/aromatic N) is 2. The molecule has 2 rings (SSSR count). The number of rotatable bonds is 8. The number of ether oxygens (including phenoxy) is 2. The van der Waals surface area contributed by atoms with Gasteiger partial charge in [0.15, 0.2) is 6.61 Å². The van der Waals surface area contributed by atoms with E-state index in [1.165, 1.54) is 0 Å². The van der Waals surface area contributed by atoms with E-state index in [1.807, 2.05) is 24.3 Å². The first-order chi connectivity index (χ1) is 9.78. The first-order valence-electron chi connectivity index (χ1n) is 6.48. The lowest BCUT2D eigenvalue weighted by molar-refractivity contribution is 0.199. The highest BCUT2D eigenvalue weighted by Gasteiger charge is 2.03. The van der Waals surface area contributed by atoms with Gasteiger partial charge in [-0.1, -0.05) is 12.1 Å². The summed E-state index contributed by atoms with van der Waals surface area (Å²) in [5, 5.41) is 10.9. The van der Waals surface area contributed by atoms with Crippen molar-refractivity contribution in [1.29, 1.82) is 0 Å². The fraction of sp³-hybridized carbons (Fsp3) is 0.429. The highest BCUT2D eigenvalue weighted by atomic mass is 16.5. The third-order valence-electron chi connectivity index (χ3n) is 2.64. The number of aryl methyl sites for hydroxylation is 1. The highest BCUT2D eigenvalue weighted by molar-refractivity contribution is 5.28. The fourth-order valence-corrected chi connectivity index (χ4v) is 1.69. The van der Waals surface area contributed by atoms with Crippen molar-refractivity contribution in [3.63, 3.8) is 0 Å². The van der Waals surface area contributed by atoms with Crippen LogP contribution in [0.15, 0.2) is 28.7 Å². The maximum absolute atomic E-state index is 5.62. The van der Waals surface area contributed by atoms with E-state index >= 15 is 0 Å². The van der Waals surface area contributed by atoms with E-state index < -0.39 is 0 Å². The largest absolute Gasteiger partial charge is 0.484 e. The molecule has 0 fully saturated rings. The van der Waals surface area contributed by atoms with Crippen molar-refractivity contribution < 1.29 is 13.9 Å². The first kappa shape index (κ1) is 14.5. The number of methoxy groups -OCH3 is 1. The molecule has 108 valence electrons. The summed E-state index contributed by atoms with van der Waals surface area (Å²) in [5.74, 6) is 1.80. The molecule has 0 unspecified atom stereocenters. The first-order valence-corrected chi connectivity index (χ1v) is 6.48. The topological polar surface area (TPSA) is 69.4 Å². The fourth-order valence-electron chi connectivity index (χ4n) is 1.69. The van der Waals surface area contributed by atoms with Crippen LogP contribution in [-0.2, 0) is 17.9 Å². The van der Waals surface area contributed by atoms with Gasteiger partial charge in [0.05, 0.1) is 6.61 Å². The molecule has 0 spiro atoms. The molecule has 6 heteroatoms. The summed E-state index contributed by atoms with van der Waals surface area (Å²) in [7, 11) is 1.69. The highest BCUT2D eigenvalue weighted by Crippen LogP contribution is 2.14. The number of aromatic nitrogens is 2. The van der Waals surface area contributed by atoms with Crippen LogP contribution < -0.4 is 10.1 Å². The monoisotopic (exact) mass is 277 g/mol. The van der Waals surface area contributed by atoms with Crippen LogP contribution in [0.5, 0.6) is 5.75 Å². The number of benzene rings is 1. The summed E-state index contributed by atoms with van der Waals surface area (Å²) in [6.07, 6.45) is 0. The van der Waals surface area contributed by atoms with Crippen LogP contribution in [0.3, 0.4) is 0 Å². The molecule has 1 N–H and O–H groups in total. The molecule has 0 saturated carbocycles. The van der Waals surface area contributed by atoms with E-state index in [9.17, 15) is 0 Å². The Balaban J connectivity index is 1.82. The molecule has 0 aliphatic carbocycles. The predicted molar refractivity (Wildman–Crippen MR) is 73.4 cm³/mol. The lowest BCUT2D eigenvalue weighted by Crippen LogP contribution is -2.18. The van der Waals surface area contributed by atoms with Crippen LogP contribution in [0.25, 0.3) is 0 Å². The second-order valence-electron chi connectivity index (χ2n) is 4.32. The molecule has 0 aliphatic heterocycles. The molecule has 0 aliphatic rings. The van der Waals surface area contributed by atoms with Gasteiger partial charge >= 0.3 is 0 Å². The molecule has 0 bridgehead atoms. The number of nitrogens with one attached hydrogen (secondary N) is 1. The van der Waals surface area contributed by atoms with Crippen molar-refractivity contribution in [1.82, 2.24) is 15.5 Å². The molecule has 20 heavy (non-hydrogen) atoms. The van der Waals surface area contributed by atoms with E-state index in [4.69, 9.17) is 13.9 Å². The minimum atomic E-state index is 0.279. The van der Waals surface area contributed by atoms with Gasteiger partial charge in [0.25, 0.3) is 5.89 Å². The van der Waals surface area contributed by atoms with Crippen LogP contribution in [-0.4, -0.2) is 30.5 Å². The van der Waals surface area contributed by atoms with Gasteiger partial charge in [0.1, 0.15) is 5.75 Å². The van der Waals surface area contributed by atoms with Crippen molar-refractivity contribution in [3.05, 3.63) is 41.6 Å². The third-order valence-corrected chi connectivity index (χ3v) is 2.64. The summed E-state index contributed by atoms with van der Waals surface area (Å²) in [6, 6.07) is 7.90. The van der Waals surface area contributed by atoms with Gasteiger partial charge in [0, 0.05) is 27.1 Å². The number of hydrogen-bond donors (Lipinski definition) is 1. The summed E-state index contributed by atoms with van der Waals surface area (Å²) in [4.78, 5) is 0. The van der Waals surface area contributed by atoms with E-state index in [0.717, 1.165) is 24.4 Å². The van der Waals surface area contributed by atoms with E-state index in [1.54, 1.807) is 14.0 Å². The maximum atomic E-state index is 5.62. The predicted octanol–water partition coefficient (Wildman–Crippen LogP) is 1.69. The molecule has 0 saturated heterocycles. The Kier molecular flexibility index (Phi) is 5.52. The Morgan fingerprint density at radius 3 is 2.95 bits per heavy atom.